The van der Waals surface area contributed by atoms with Crippen LogP contribution in [0.2, 0.25) is 0 Å². The van der Waals surface area contributed by atoms with Crippen LogP contribution in [-0.2, 0) is 0 Å². The zero-order valence-corrected chi connectivity index (χ0v) is 9.65. The summed E-state index contributed by atoms with van der Waals surface area (Å²) in [5, 5.41) is 3.41. The fourth-order valence-electron chi connectivity index (χ4n) is 2.56. The van der Waals surface area contributed by atoms with Crippen molar-refractivity contribution in [3.63, 3.8) is 0 Å². The largest absolute Gasteiger partial charge is 0.303 e. The predicted octanol–water partition coefficient (Wildman–Crippen LogP) is 2.94. The van der Waals surface area contributed by atoms with Gasteiger partial charge in [-0.25, -0.2) is 0 Å². The van der Waals surface area contributed by atoms with Crippen molar-refractivity contribution in [2.75, 3.05) is 6.54 Å². The second-order valence-electron chi connectivity index (χ2n) is 4.54. The quantitative estimate of drug-likeness (QED) is 0.761. The first-order chi connectivity index (χ1) is 7.90. The maximum atomic E-state index is 5.25. The molecule has 0 bridgehead atoms. The Labute approximate surface area is 98.3 Å². The van der Waals surface area contributed by atoms with E-state index in [1.807, 2.05) is 0 Å². The van der Waals surface area contributed by atoms with Crippen molar-refractivity contribution in [1.82, 2.24) is 5.32 Å². The summed E-state index contributed by atoms with van der Waals surface area (Å²) in [7, 11) is 0. The van der Waals surface area contributed by atoms with E-state index in [1.54, 1.807) is 0 Å². The van der Waals surface area contributed by atoms with Crippen LogP contribution in [0.5, 0.6) is 0 Å². The molecule has 1 heteroatoms. The van der Waals surface area contributed by atoms with E-state index in [1.165, 1.54) is 31.2 Å². The monoisotopic (exact) mass is 213 g/mol. The van der Waals surface area contributed by atoms with Crippen molar-refractivity contribution < 1.29 is 0 Å². The van der Waals surface area contributed by atoms with E-state index in [4.69, 9.17) is 6.42 Å². The van der Waals surface area contributed by atoms with E-state index in [9.17, 15) is 0 Å². The predicted molar refractivity (Wildman–Crippen MR) is 68.3 cm³/mol. The van der Waals surface area contributed by atoms with Crippen LogP contribution in [0.1, 0.15) is 37.2 Å². The molecule has 1 aromatic rings. The lowest BCUT2D eigenvalue weighted by Gasteiger charge is -2.29. The molecule has 0 heterocycles. The third-order valence-electron chi connectivity index (χ3n) is 3.49. The fraction of sp³-hybridized carbons (Fsp3) is 0.467. The van der Waals surface area contributed by atoms with Gasteiger partial charge in [-0.15, -0.1) is 6.42 Å². The maximum absolute atomic E-state index is 5.25. The SMILES string of the molecule is C#CCNC1CCC(c2ccccc2)CC1. The molecule has 0 amide bonds. The summed E-state index contributed by atoms with van der Waals surface area (Å²) in [4.78, 5) is 0. The third-order valence-corrected chi connectivity index (χ3v) is 3.49. The van der Waals surface area contributed by atoms with Crippen LogP contribution in [0.3, 0.4) is 0 Å². The average Bonchev–Trinajstić information content (AvgIpc) is 2.38. The standard InChI is InChI=1S/C15H19N/c1-2-12-16-15-10-8-14(9-11-15)13-6-4-3-5-7-13/h1,3-7,14-16H,8-12H2. The van der Waals surface area contributed by atoms with Gasteiger partial charge in [0.15, 0.2) is 0 Å². The van der Waals surface area contributed by atoms with E-state index in [-0.39, 0.29) is 0 Å². The van der Waals surface area contributed by atoms with Crippen LogP contribution < -0.4 is 5.32 Å². The maximum Gasteiger partial charge on any atom is 0.0575 e. The molecule has 16 heavy (non-hydrogen) atoms. The van der Waals surface area contributed by atoms with Crippen molar-refractivity contribution in [3.05, 3.63) is 35.9 Å². The molecule has 0 spiro atoms. The molecule has 0 aliphatic heterocycles. The first kappa shape index (κ1) is 11.2. The molecule has 1 aliphatic rings. The summed E-state index contributed by atoms with van der Waals surface area (Å²) in [5.74, 6) is 3.40. The smallest absolute Gasteiger partial charge is 0.0575 e. The Hall–Kier alpha value is -1.26. The van der Waals surface area contributed by atoms with Crippen molar-refractivity contribution in [1.29, 1.82) is 0 Å². The highest BCUT2D eigenvalue weighted by atomic mass is 14.9. The highest BCUT2D eigenvalue weighted by Crippen LogP contribution is 2.32. The van der Waals surface area contributed by atoms with Crippen LogP contribution in [0.25, 0.3) is 0 Å². The minimum absolute atomic E-state index is 0.635. The van der Waals surface area contributed by atoms with Crippen molar-refractivity contribution in [2.45, 2.75) is 37.6 Å². The Morgan fingerprint density at radius 1 is 1.12 bits per heavy atom. The summed E-state index contributed by atoms with van der Waals surface area (Å²) in [6, 6.07) is 11.5. The molecule has 1 saturated carbocycles. The van der Waals surface area contributed by atoms with Gasteiger partial charge >= 0.3 is 0 Å². The van der Waals surface area contributed by atoms with E-state index in [0.29, 0.717) is 12.6 Å². The van der Waals surface area contributed by atoms with Gasteiger partial charge in [-0.3, -0.25) is 0 Å². The van der Waals surface area contributed by atoms with Gasteiger partial charge in [-0.1, -0.05) is 36.3 Å². The highest BCUT2D eigenvalue weighted by Gasteiger charge is 2.21. The molecule has 1 aliphatic carbocycles. The summed E-state index contributed by atoms with van der Waals surface area (Å²) in [6.07, 6.45) is 10.3. The van der Waals surface area contributed by atoms with Crippen LogP contribution in [0, 0.1) is 12.3 Å². The summed E-state index contributed by atoms with van der Waals surface area (Å²) in [6.45, 7) is 0.709. The number of terminal acetylenes is 1. The zero-order chi connectivity index (χ0) is 11.2. The Bertz CT molecular complexity index is 341. The molecule has 1 nitrogen and oxygen atoms in total. The van der Waals surface area contributed by atoms with Crippen molar-refractivity contribution in [3.8, 4) is 12.3 Å². The van der Waals surface area contributed by atoms with Crippen LogP contribution >= 0.6 is 0 Å². The third kappa shape index (κ3) is 2.87. The lowest BCUT2D eigenvalue weighted by Crippen LogP contribution is -2.32. The summed E-state index contributed by atoms with van der Waals surface area (Å²) >= 11 is 0. The number of hydrogen-bond donors (Lipinski definition) is 1. The van der Waals surface area contributed by atoms with Gasteiger partial charge < -0.3 is 5.32 Å². The van der Waals surface area contributed by atoms with Gasteiger partial charge in [0, 0.05) is 6.04 Å². The number of nitrogens with one attached hydrogen (secondary N) is 1. The van der Waals surface area contributed by atoms with E-state index in [0.717, 1.165) is 5.92 Å². The second-order valence-corrected chi connectivity index (χ2v) is 4.54. The fourth-order valence-corrected chi connectivity index (χ4v) is 2.56. The van der Waals surface area contributed by atoms with Gasteiger partial charge in [-0.05, 0) is 37.2 Å². The minimum atomic E-state index is 0.635. The summed E-state index contributed by atoms with van der Waals surface area (Å²) in [5.41, 5.74) is 1.50. The Morgan fingerprint density at radius 3 is 2.44 bits per heavy atom. The number of hydrogen-bond acceptors (Lipinski definition) is 1. The molecule has 1 N–H and O–H groups in total. The molecule has 0 atom stereocenters. The van der Waals surface area contributed by atoms with Crippen LogP contribution in [0.4, 0.5) is 0 Å². The topological polar surface area (TPSA) is 12.0 Å². The van der Waals surface area contributed by atoms with Gasteiger partial charge in [0.25, 0.3) is 0 Å². The highest BCUT2D eigenvalue weighted by molar-refractivity contribution is 5.20. The minimum Gasteiger partial charge on any atom is -0.303 e. The van der Waals surface area contributed by atoms with Gasteiger partial charge in [-0.2, -0.15) is 0 Å². The molecule has 1 fully saturated rings. The molecule has 0 unspecified atom stereocenters. The van der Waals surface area contributed by atoms with E-state index < -0.39 is 0 Å². The van der Waals surface area contributed by atoms with Crippen LogP contribution in [0.15, 0.2) is 30.3 Å². The van der Waals surface area contributed by atoms with Gasteiger partial charge in [0.2, 0.25) is 0 Å². The molecule has 1 aromatic carbocycles. The Balaban J connectivity index is 1.84. The average molecular weight is 213 g/mol. The zero-order valence-electron chi connectivity index (χ0n) is 9.65. The molecule has 0 saturated heterocycles. The van der Waals surface area contributed by atoms with Crippen LogP contribution in [-0.4, -0.2) is 12.6 Å². The first-order valence-corrected chi connectivity index (χ1v) is 6.12. The Morgan fingerprint density at radius 2 is 1.81 bits per heavy atom. The molecule has 0 aromatic heterocycles. The Kier molecular flexibility index (Phi) is 4.02. The molecule has 84 valence electrons. The lowest BCUT2D eigenvalue weighted by atomic mass is 9.82. The summed E-state index contributed by atoms with van der Waals surface area (Å²) < 4.78 is 0. The lowest BCUT2D eigenvalue weighted by molar-refractivity contribution is 0.352. The molecule has 0 radical (unpaired) electrons. The number of benzene rings is 1. The normalized spacial score (nSPS) is 24.9. The van der Waals surface area contributed by atoms with Gasteiger partial charge in [0.05, 0.1) is 6.54 Å². The molecular weight excluding hydrogens is 194 g/mol. The first-order valence-electron chi connectivity index (χ1n) is 6.12. The molecular formula is C15H19N. The second kappa shape index (κ2) is 5.72. The molecule has 2 rings (SSSR count). The van der Waals surface area contributed by atoms with E-state index in [2.05, 4.69) is 41.6 Å². The van der Waals surface area contributed by atoms with Gasteiger partial charge in [0.1, 0.15) is 0 Å². The van der Waals surface area contributed by atoms with E-state index >= 15 is 0 Å². The van der Waals surface area contributed by atoms with Crippen molar-refractivity contribution in [2.24, 2.45) is 0 Å². The van der Waals surface area contributed by atoms with Crippen molar-refractivity contribution >= 4 is 0 Å². The number of rotatable bonds is 3.